The van der Waals surface area contributed by atoms with Gasteiger partial charge in [-0.05, 0) is 25.3 Å². The fourth-order valence-corrected chi connectivity index (χ4v) is 2.71. The number of halogens is 1. The number of amides is 1. The molecule has 4 atom stereocenters. The van der Waals surface area contributed by atoms with Gasteiger partial charge in [-0.15, -0.1) is 0 Å². The van der Waals surface area contributed by atoms with Gasteiger partial charge in [0.25, 0.3) is 0 Å². The Hall–Kier alpha value is -0.640. The van der Waals surface area contributed by atoms with Gasteiger partial charge in [0.2, 0.25) is 5.91 Å². The van der Waals surface area contributed by atoms with Crippen LogP contribution in [-0.2, 0) is 4.79 Å². The number of rotatable bonds is 1. The third-order valence-corrected chi connectivity index (χ3v) is 3.63. The summed E-state index contributed by atoms with van der Waals surface area (Å²) in [7, 11) is 0. The summed E-state index contributed by atoms with van der Waals surface area (Å²) in [5.74, 6) is 0.373. The summed E-state index contributed by atoms with van der Waals surface area (Å²) in [6, 6.07) is 0.342. The van der Waals surface area contributed by atoms with Crippen LogP contribution in [0.1, 0.15) is 12.8 Å². The smallest absolute Gasteiger partial charge is 0.229 e. The molecule has 1 N–H and O–H groups in total. The van der Waals surface area contributed by atoms with Crippen molar-refractivity contribution in [3.63, 3.8) is 0 Å². The van der Waals surface area contributed by atoms with Crippen LogP contribution in [0.3, 0.4) is 0 Å². The molecule has 3 aliphatic rings. The van der Waals surface area contributed by atoms with Crippen molar-refractivity contribution < 1.29 is 9.18 Å². The van der Waals surface area contributed by atoms with Gasteiger partial charge in [-0.1, -0.05) is 0 Å². The number of carbonyl (C=O) groups excluding carboxylic acids is 1. The molecule has 0 aromatic heterocycles. The zero-order valence-corrected chi connectivity index (χ0v) is 8.08. The standard InChI is InChI=1S/C10H15FN2O/c11-9-2-8(9)10(14)13-5-6-1-7(13)4-12-3-6/h6-9,12H,1-5H2/t6-,7+,8?,9?/m0/s1. The molecule has 0 spiro atoms. The van der Waals surface area contributed by atoms with Crippen LogP contribution in [-0.4, -0.2) is 42.7 Å². The molecule has 2 saturated heterocycles. The second-order valence-corrected chi connectivity index (χ2v) is 4.76. The molecule has 2 bridgehead atoms. The second kappa shape index (κ2) is 2.92. The van der Waals surface area contributed by atoms with Gasteiger partial charge in [0.05, 0.1) is 5.92 Å². The fourth-order valence-electron chi connectivity index (χ4n) is 2.71. The van der Waals surface area contributed by atoms with E-state index in [1.165, 1.54) is 0 Å². The monoisotopic (exact) mass is 198 g/mol. The minimum Gasteiger partial charge on any atom is -0.338 e. The van der Waals surface area contributed by atoms with Crippen molar-refractivity contribution in [2.45, 2.75) is 25.1 Å². The molecule has 1 saturated carbocycles. The first-order valence-electron chi connectivity index (χ1n) is 5.41. The molecule has 0 aromatic carbocycles. The molecule has 14 heavy (non-hydrogen) atoms. The van der Waals surface area contributed by atoms with Crippen LogP contribution < -0.4 is 5.32 Å². The van der Waals surface area contributed by atoms with Crippen LogP contribution in [0.2, 0.25) is 0 Å². The van der Waals surface area contributed by atoms with Crippen molar-refractivity contribution in [3.05, 3.63) is 0 Å². The van der Waals surface area contributed by atoms with E-state index >= 15 is 0 Å². The molecule has 2 unspecified atom stereocenters. The zero-order chi connectivity index (χ0) is 9.71. The Kier molecular flexibility index (Phi) is 1.81. The molecule has 2 heterocycles. The number of likely N-dealkylation sites (tertiary alicyclic amines) is 1. The molecule has 1 aliphatic carbocycles. The maximum atomic E-state index is 12.8. The lowest BCUT2D eigenvalue weighted by Crippen LogP contribution is -2.42. The molecule has 3 nitrogen and oxygen atoms in total. The SMILES string of the molecule is O=C(C1CC1F)N1C[C@@H]2CNC[C@H]1C2. The molecule has 78 valence electrons. The fraction of sp³-hybridized carbons (Fsp3) is 0.900. The van der Waals surface area contributed by atoms with Gasteiger partial charge < -0.3 is 10.2 Å². The first-order chi connectivity index (χ1) is 6.75. The third kappa shape index (κ3) is 1.24. The summed E-state index contributed by atoms with van der Waals surface area (Å²) in [5.41, 5.74) is 0. The average Bonchev–Trinajstić information content (AvgIpc) is 2.84. The highest BCUT2D eigenvalue weighted by molar-refractivity contribution is 5.82. The number of nitrogens with one attached hydrogen (secondary N) is 1. The Bertz CT molecular complexity index is 271. The highest BCUT2D eigenvalue weighted by Gasteiger charge is 2.49. The number of hydrogen-bond donors (Lipinski definition) is 1. The molecule has 3 rings (SSSR count). The van der Waals surface area contributed by atoms with Gasteiger partial charge in [-0.25, -0.2) is 4.39 Å². The van der Waals surface area contributed by atoms with Crippen LogP contribution >= 0.6 is 0 Å². The number of piperidine rings is 1. The van der Waals surface area contributed by atoms with E-state index in [2.05, 4.69) is 5.32 Å². The first kappa shape index (κ1) is 8.65. The quantitative estimate of drug-likeness (QED) is 0.651. The topological polar surface area (TPSA) is 32.3 Å². The minimum atomic E-state index is -0.851. The average molecular weight is 198 g/mol. The lowest BCUT2D eigenvalue weighted by Gasteiger charge is -2.24. The van der Waals surface area contributed by atoms with Gasteiger partial charge in [0.15, 0.2) is 0 Å². The maximum Gasteiger partial charge on any atom is 0.229 e. The van der Waals surface area contributed by atoms with E-state index in [1.54, 1.807) is 0 Å². The Balaban J connectivity index is 1.70. The van der Waals surface area contributed by atoms with Gasteiger partial charge in [0, 0.05) is 19.1 Å². The summed E-state index contributed by atoms with van der Waals surface area (Å²) in [4.78, 5) is 13.7. The van der Waals surface area contributed by atoms with Gasteiger partial charge in [-0.3, -0.25) is 4.79 Å². The van der Waals surface area contributed by atoms with E-state index in [1.807, 2.05) is 4.90 Å². The number of alkyl halides is 1. The van der Waals surface area contributed by atoms with Crippen molar-refractivity contribution >= 4 is 5.91 Å². The van der Waals surface area contributed by atoms with E-state index in [0.29, 0.717) is 18.4 Å². The Morgan fingerprint density at radius 3 is 2.79 bits per heavy atom. The van der Waals surface area contributed by atoms with Crippen molar-refractivity contribution in [3.8, 4) is 0 Å². The van der Waals surface area contributed by atoms with Crippen molar-refractivity contribution in [2.24, 2.45) is 11.8 Å². The number of hydrogen-bond acceptors (Lipinski definition) is 2. The third-order valence-electron chi connectivity index (χ3n) is 3.63. The van der Waals surface area contributed by atoms with Crippen LogP contribution in [0.15, 0.2) is 0 Å². The zero-order valence-electron chi connectivity index (χ0n) is 8.08. The first-order valence-corrected chi connectivity index (χ1v) is 5.41. The van der Waals surface area contributed by atoms with Crippen molar-refractivity contribution in [2.75, 3.05) is 19.6 Å². The minimum absolute atomic E-state index is 0.0636. The normalized spacial score (nSPS) is 45.4. The van der Waals surface area contributed by atoms with E-state index < -0.39 is 6.17 Å². The molecule has 2 aliphatic heterocycles. The van der Waals surface area contributed by atoms with E-state index in [9.17, 15) is 9.18 Å². The van der Waals surface area contributed by atoms with Crippen LogP contribution in [0.4, 0.5) is 4.39 Å². The molecular formula is C10H15FN2O. The number of fused-ring (bicyclic) bond motifs is 2. The van der Waals surface area contributed by atoms with Gasteiger partial charge >= 0.3 is 0 Å². The molecular weight excluding hydrogens is 183 g/mol. The molecule has 3 fully saturated rings. The summed E-state index contributed by atoms with van der Waals surface area (Å²) in [6.45, 7) is 2.76. The number of nitrogens with zero attached hydrogens (tertiary/aromatic N) is 1. The highest BCUT2D eigenvalue weighted by atomic mass is 19.1. The summed E-state index contributed by atoms with van der Waals surface area (Å²) in [5, 5.41) is 3.31. The largest absolute Gasteiger partial charge is 0.338 e. The molecule has 4 heteroatoms. The van der Waals surface area contributed by atoms with Crippen LogP contribution in [0.25, 0.3) is 0 Å². The maximum absolute atomic E-state index is 12.8. The second-order valence-electron chi connectivity index (χ2n) is 4.76. The number of carbonyl (C=O) groups is 1. The molecule has 0 radical (unpaired) electrons. The molecule has 1 amide bonds. The van der Waals surface area contributed by atoms with Gasteiger partial charge in [0.1, 0.15) is 6.17 Å². The highest BCUT2D eigenvalue weighted by Crippen LogP contribution is 2.38. The van der Waals surface area contributed by atoms with E-state index in [0.717, 1.165) is 26.1 Å². The Labute approximate surface area is 82.6 Å². The van der Waals surface area contributed by atoms with Crippen LogP contribution in [0, 0.1) is 11.8 Å². The van der Waals surface area contributed by atoms with Crippen LogP contribution in [0.5, 0.6) is 0 Å². The van der Waals surface area contributed by atoms with Gasteiger partial charge in [-0.2, -0.15) is 0 Å². The summed E-state index contributed by atoms with van der Waals surface area (Å²) >= 11 is 0. The lowest BCUT2D eigenvalue weighted by molar-refractivity contribution is -0.133. The predicted octanol–water partition coefficient (Wildman–Crippen LogP) is 0.165. The Morgan fingerprint density at radius 2 is 2.14 bits per heavy atom. The summed E-state index contributed by atoms with van der Waals surface area (Å²) in [6.07, 6.45) is 0.721. The van der Waals surface area contributed by atoms with E-state index in [-0.39, 0.29) is 11.8 Å². The van der Waals surface area contributed by atoms with Crippen molar-refractivity contribution in [1.82, 2.24) is 10.2 Å². The van der Waals surface area contributed by atoms with E-state index in [4.69, 9.17) is 0 Å². The molecule has 0 aromatic rings. The summed E-state index contributed by atoms with van der Waals surface area (Å²) < 4.78 is 12.8. The lowest BCUT2D eigenvalue weighted by atomic mass is 10.0. The predicted molar refractivity (Wildman–Crippen MR) is 49.5 cm³/mol. The van der Waals surface area contributed by atoms with Crippen molar-refractivity contribution in [1.29, 1.82) is 0 Å². The Morgan fingerprint density at radius 1 is 1.36 bits per heavy atom.